The number of carbonyl (C=O) groups is 1. The second kappa shape index (κ2) is 15.5. The van der Waals surface area contributed by atoms with Crippen LogP contribution in [0.1, 0.15) is 110 Å². The fourth-order valence-electron chi connectivity index (χ4n) is 3.31. The van der Waals surface area contributed by atoms with Gasteiger partial charge in [-0.3, -0.25) is 4.79 Å². The molecule has 0 fully saturated rings. The highest BCUT2D eigenvalue weighted by Crippen LogP contribution is 2.15. The van der Waals surface area contributed by atoms with Gasteiger partial charge in [-0.25, -0.2) is 0 Å². The second-order valence-electron chi connectivity index (χ2n) is 7.72. The summed E-state index contributed by atoms with van der Waals surface area (Å²) in [5.74, 6) is 0.425. The fourth-order valence-corrected chi connectivity index (χ4v) is 3.31. The Bertz CT molecular complexity index is 480. The summed E-state index contributed by atoms with van der Waals surface area (Å²) < 4.78 is 6.82. The molecule has 0 unspecified atom stereocenters. The summed E-state index contributed by atoms with van der Waals surface area (Å²) in [6.45, 7) is 2.27. The molecule has 0 spiro atoms. The normalized spacial score (nSPS) is 11.0. The quantitative estimate of drug-likeness (QED) is 0.259. The van der Waals surface area contributed by atoms with Gasteiger partial charge in [0.15, 0.2) is 0 Å². The molecule has 5 heteroatoms. The predicted molar refractivity (Wildman–Crippen MR) is 113 cm³/mol. The van der Waals surface area contributed by atoms with Crippen molar-refractivity contribution in [2.75, 3.05) is 5.73 Å². The van der Waals surface area contributed by atoms with Gasteiger partial charge in [0, 0.05) is 13.5 Å². The molecule has 0 aliphatic carbocycles. The van der Waals surface area contributed by atoms with E-state index in [0.717, 1.165) is 12.8 Å². The number of nitrogen functional groups attached to an aromatic ring is 1. The lowest BCUT2D eigenvalue weighted by Crippen LogP contribution is -2.07. The first-order valence-corrected chi connectivity index (χ1v) is 11.1. The SMILES string of the molecule is CCCCCCCCCCCCCCCCCC(=O)Oc1cn(C)c(N)n1. The number of anilines is 1. The van der Waals surface area contributed by atoms with E-state index in [4.69, 9.17) is 10.5 Å². The van der Waals surface area contributed by atoms with Crippen molar-refractivity contribution in [2.45, 2.75) is 110 Å². The Morgan fingerprint density at radius 3 is 1.74 bits per heavy atom. The molecular weight excluding hydrogens is 338 g/mol. The number of nitrogens with two attached hydrogens (primary N) is 1. The first-order chi connectivity index (χ1) is 13.1. The van der Waals surface area contributed by atoms with Crippen molar-refractivity contribution in [2.24, 2.45) is 7.05 Å². The van der Waals surface area contributed by atoms with E-state index in [1.807, 2.05) is 0 Å². The molecule has 5 nitrogen and oxygen atoms in total. The third-order valence-electron chi connectivity index (χ3n) is 5.09. The molecular formula is C22H41N3O2. The number of aromatic nitrogens is 2. The first kappa shape index (κ1) is 23.5. The van der Waals surface area contributed by atoms with Crippen LogP contribution in [0.15, 0.2) is 6.20 Å². The highest BCUT2D eigenvalue weighted by Gasteiger charge is 2.08. The lowest BCUT2D eigenvalue weighted by atomic mass is 10.0. The van der Waals surface area contributed by atoms with Crippen molar-refractivity contribution in [3.8, 4) is 5.88 Å². The van der Waals surface area contributed by atoms with Crippen LogP contribution >= 0.6 is 0 Å². The summed E-state index contributed by atoms with van der Waals surface area (Å²) in [6, 6.07) is 0. The highest BCUT2D eigenvalue weighted by molar-refractivity contribution is 5.71. The van der Waals surface area contributed by atoms with Gasteiger partial charge in [0.25, 0.3) is 0 Å². The van der Waals surface area contributed by atoms with Crippen LogP contribution in [-0.2, 0) is 11.8 Å². The topological polar surface area (TPSA) is 70.1 Å². The zero-order valence-corrected chi connectivity index (χ0v) is 17.7. The number of unbranched alkanes of at least 4 members (excludes halogenated alkanes) is 14. The fraction of sp³-hybridized carbons (Fsp3) is 0.818. The number of ether oxygens (including phenoxy) is 1. The molecule has 1 aromatic heterocycles. The molecule has 0 radical (unpaired) electrons. The molecule has 27 heavy (non-hydrogen) atoms. The maximum Gasteiger partial charge on any atom is 0.312 e. The third-order valence-corrected chi connectivity index (χ3v) is 5.09. The third kappa shape index (κ3) is 12.5. The molecule has 0 atom stereocenters. The summed E-state index contributed by atoms with van der Waals surface area (Å²) in [7, 11) is 1.77. The van der Waals surface area contributed by atoms with Crippen LogP contribution in [-0.4, -0.2) is 15.5 Å². The Morgan fingerprint density at radius 2 is 1.33 bits per heavy atom. The smallest absolute Gasteiger partial charge is 0.312 e. The molecule has 1 heterocycles. The number of aryl methyl sites for hydroxylation is 1. The molecule has 156 valence electrons. The predicted octanol–water partition coefficient (Wildman–Crippen LogP) is 6.17. The molecule has 0 aromatic carbocycles. The minimum absolute atomic E-state index is 0.220. The van der Waals surface area contributed by atoms with Crippen molar-refractivity contribution in [1.29, 1.82) is 0 Å². The van der Waals surface area contributed by atoms with Crippen LogP contribution in [0.4, 0.5) is 5.95 Å². The lowest BCUT2D eigenvalue weighted by molar-refractivity contribution is -0.134. The zero-order chi connectivity index (χ0) is 19.7. The van der Waals surface area contributed by atoms with Gasteiger partial charge >= 0.3 is 5.97 Å². The molecule has 1 rings (SSSR count). The lowest BCUT2D eigenvalue weighted by Gasteiger charge is -2.03. The maximum atomic E-state index is 11.8. The average Bonchev–Trinajstić information content (AvgIpc) is 2.95. The molecule has 1 aromatic rings. The van der Waals surface area contributed by atoms with Crippen LogP contribution < -0.4 is 10.5 Å². The molecule has 0 bridgehead atoms. The standard InChI is InChI=1S/C22H41N3O2/c1-3-4-5-6-7-8-9-10-11-12-13-14-15-16-17-18-21(26)27-20-19-25(2)22(23)24-20/h19H,3-18H2,1-2H3,(H2,23,24). The summed E-state index contributed by atoms with van der Waals surface area (Å²) in [4.78, 5) is 15.7. The summed E-state index contributed by atoms with van der Waals surface area (Å²) in [5.41, 5.74) is 5.61. The maximum absolute atomic E-state index is 11.8. The van der Waals surface area contributed by atoms with E-state index in [1.54, 1.807) is 17.8 Å². The Labute approximate surface area is 166 Å². The van der Waals surface area contributed by atoms with E-state index in [9.17, 15) is 4.79 Å². The van der Waals surface area contributed by atoms with Crippen LogP contribution in [0.3, 0.4) is 0 Å². The van der Waals surface area contributed by atoms with Crippen LogP contribution in [0.25, 0.3) is 0 Å². The van der Waals surface area contributed by atoms with Gasteiger partial charge < -0.3 is 15.0 Å². The van der Waals surface area contributed by atoms with Crippen LogP contribution in [0.2, 0.25) is 0 Å². The second-order valence-corrected chi connectivity index (χ2v) is 7.72. The van der Waals surface area contributed by atoms with E-state index < -0.39 is 0 Å². The summed E-state index contributed by atoms with van der Waals surface area (Å²) >= 11 is 0. The van der Waals surface area contributed by atoms with E-state index in [2.05, 4.69) is 11.9 Å². The van der Waals surface area contributed by atoms with E-state index in [0.29, 0.717) is 18.2 Å². The highest BCUT2D eigenvalue weighted by atomic mass is 16.5. The number of rotatable bonds is 17. The number of esters is 1. The number of hydrogen-bond acceptors (Lipinski definition) is 4. The van der Waals surface area contributed by atoms with Gasteiger partial charge in [-0.15, -0.1) is 0 Å². The van der Waals surface area contributed by atoms with Crippen molar-refractivity contribution in [3.05, 3.63) is 6.20 Å². The van der Waals surface area contributed by atoms with Crippen molar-refractivity contribution >= 4 is 11.9 Å². The average molecular weight is 380 g/mol. The van der Waals surface area contributed by atoms with Gasteiger partial charge in [-0.1, -0.05) is 96.8 Å². The van der Waals surface area contributed by atoms with Gasteiger partial charge in [-0.05, 0) is 6.42 Å². The molecule has 0 aliphatic heterocycles. The number of hydrogen-bond donors (Lipinski definition) is 1. The molecule has 0 saturated heterocycles. The Morgan fingerprint density at radius 1 is 0.889 bits per heavy atom. The summed E-state index contributed by atoms with van der Waals surface area (Å²) in [6.07, 6.45) is 21.9. The monoisotopic (exact) mass is 379 g/mol. The molecule has 0 saturated carbocycles. The van der Waals surface area contributed by atoms with Gasteiger partial charge in [0.1, 0.15) is 0 Å². The minimum Gasteiger partial charge on any atom is -0.406 e. The van der Waals surface area contributed by atoms with Gasteiger partial charge in [-0.2, -0.15) is 4.98 Å². The Hall–Kier alpha value is -1.52. The van der Waals surface area contributed by atoms with E-state index in [1.165, 1.54) is 83.5 Å². The van der Waals surface area contributed by atoms with E-state index in [-0.39, 0.29) is 5.97 Å². The number of nitrogens with zero attached hydrogens (tertiary/aromatic N) is 2. The van der Waals surface area contributed by atoms with Crippen molar-refractivity contribution < 1.29 is 9.53 Å². The summed E-state index contributed by atoms with van der Waals surface area (Å²) in [5, 5.41) is 0. The minimum atomic E-state index is -0.220. The largest absolute Gasteiger partial charge is 0.406 e. The Balaban J connectivity index is 1.81. The number of imidazole rings is 1. The van der Waals surface area contributed by atoms with Crippen molar-refractivity contribution in [1.82, 2.24) is 9.55 Å². The van der Waals surface area contributed by atoms with E-state index >= 15 is 0 Å². The molecule has 0 amide bonds. The zero-order valence-electron chi connectivity index (χ0n) is 17.7. The van der Waals surface area contributed by atoms with Crippen LogP contribution in [0.5, 0.6) is 5.88 Å². The first-order valence-electron chi connectivity index (χ1n) is 11.1. The Kier molecular flexibility index (Phi) is 13.5. The molecule has 0 aliphatic rings. The molecule has 2 N–H and O–H groups in total. The van der Waals surface area contributed by atoms with Gasteiger partial charge in [0.2, 0.25) is 11.8 Å². The van der Waals surface area contributed by atoms with Crippen LogP contribution in [0, 0.1) is 0 Å². The van der Waals surface area contributed by atoms with Gasteiger partial charge in [0.05, 0.1) is 6.20 Å². The van der Waals surface area contributed by atoms with Crippen molar-refractivity contribution in [3.63, 3.8) is 0 Å². The number of carbonyl (C=O) groups excluding carboxylic acids is 1.